The van der Waals surface area contributed by atoms with Gasteiger partial charge in [-0.05, 0) is 43.9 Å². The average Bonchev–Trinajstić information content (AvgIpc) is 2.78. The third-order valence-electron chi connectivity index (χ3n) is 3.51. The Morgan fingerprint density at radius 1 is 1.05 bits per heavy atom. The number of para-hydroxylation sites is 2. The zero-order valence-corrected chi connectivity index (χ0v) is 12.5. The molecule has 4 nitrogen and oxygen atoms in total. The van der Waals surface area contributed by atoms with Crippen LogP contribution in [0.5, 0.6) is 0 Å². The van der Waals surface area contributed by atoms with E-state index in [-0.39, 0.29) is 0 Å². The lowest BCUT2D eigenvalue weighted by atomic mass is 10.2. The first-order valence-electron chi connectivity index (χ1n) is 7.07. The summed E-state index contributed by atoms with van der Waals surface area (Å²) in [7, 11) is 4.12. The molecule has 3 aromatic rings. The van der Waals surface area contributed by atoms with E-state index in [0.717, 1.165) is 30.1 Å². The predicted molar refractivity (Wildman–Crippen MR) is 87.1 cm³/mol. The SMILES string of the molecule is CN(C)Cc1nc2ccccc2n1Cc1ccc(N)cc1. The van der Waals surface area contributed by atoms with Crippen molar-refractivity contribution in [3.8, 4) is 0 Å². The van der Waals surface area contributed by atoms with E-state index in [9.17, 15) is 0 Å². The number of hydrogen-bond acceptors (Lipinski definition) is 3. The summed E-state index contributed by atoms with van der Waals surface area (Å²) in [4.78, 5) is 6.90. The molecule has 0 aliphatic rings. The number of nitrogens with zero attached hydrogens (tertiary/aromatic N) is 3. The Balaban J connectivity index is 2.03. The van der Waals surface area contributed by atoms with Crippen LogP contribution in [-0.4, -0.2) is 28.5 Å². The van der Waals surface area contributed by atoms with Gasteiger partial charge in [0.15, 0.2) is 0 Å². The van der Waals surface area contributed by atoms with Crippen molar-refractivity contribution in [2.45, 2.75) is 13.1 Å². The van der Waals surface area contributed by atoms with Crippen molar-refractivity contribution in [3.63, 3.8) is 0 Å². The number of nitrogen functional groups attached to an aromatic ring is 1. The van der Waals surface area contributed by atoms with Gasteiger partial charge in [0.1, 0.15) is 5.82 Å². The number of rotatable bonds is 4. The van der Waals surface area contributed by atoms with Crippen molar-refractivity contribution in [2.24, 2.45) is 0 Å². The van der Waals surface area contributed by atoms with Crippen molar-refractivity contribution in [3.05, 3.63) is 59.9 Å². The van der Waals surface area contributed by atoms with Crippen LogP contribution >= 0.6 is 0 Å². The lowest BCUT2D eigenvalue weighted by molar-refractivity contribution is 0.384. The minimum atomic E-state index is 0.794. The summed E-state index contributed by atoms with van der Waals surface area (Å²) < 4.78 is 2.28. The fraction of sp³-hybridized carbons (Fsp3) is 0.235. The van der Waals surface area contributed by atoms with Gasteiger partial charge in [-0.2, -0.15) is 0 Å². The maximum absolute atomic E-state index is 5.76. The summed E-state index contributed by atoms with van der Waals surface area (Å²) in [6, 6.07) is 16.3. The molecule has 1 heterocycles. The van der Waals surface area contributed by atoms with Crippen LogP contribution < -0.4 is 5.73 Å². The minimum Gasteiger partial charge on any atom is -0.399 e. The van der Waals surface area contributed by atoms with E-state index in [2.05, 4.69) is 53.9 Å². The van der Waals surface area contributed by atoms with E-state index in [1.165, 1.54) is 11.1 Å². The summed E-state index contributed by atoms with van der Waals surface area (Å²) in [6.45, 7) is 1.63. The summed E-state index contributed by atoms with van der Waals surface area (Å²) in [5.41, 5.74) is 10.0. The molecule has 0 amide bonds. The van der Waals surface area contributed by atoms with Crippen molar-refractivity contribution in [1.29, 1.82) is 0 Å². The van der Waals surface area contributed by atoms with E-state index in [4.69, 9.17) is 10.7 Å². The Morgan fingerprint density at radius 3 is 2.48 bits per heavy atom. The van der Waals surface area contributed by atoms with Gasteiger partial charge < -0.3 is 15.2 Å². The quantitative estimate of drug-likeness (QED) is 0.747. The third-order valence-corrected chi connectivity index (χ3v) is 3.51. The van der Waals surface area contributed by atoms with E-state index in [0.29, 0.717) is 0 Å². The number of hydrogen-bond donors (Lipinski definition) is 1. The van der Waals surface area contributed by atoms with Gasteiger partial charge in [-0.1, -0.05) is 24.3 Å². The number of aromatic nitrogens is 2. The topological polar surface area (TPSA) is 47.1 Å². The molecule has 3 rings (SSSR count). The normalized spacial score (nSPS) is 11.4. The second kappa shape index (κ2) is 5.58. The molecule has 0 aliphatic carbocycles. The Morgan fingerprint density at radius 2 is 1.76 bits per heavy atom. The van der Waals surface area contributed by atoms with Crippen molar-refractivity contribution < 1.29 is 0 Å². The summed E-state index contributed by atoms with van der Waals surface area (Å²) in [5.74, 6) is 1.08. The van der Waals surface area contributed by atoms with Crippen LogP contribution in [0.25, 0.3) is 11.0 Å². The van der Waals surface area contributed by atoms with Crippen molar-refractivity contribution in [2.75, 3.05) is 19.8 Å². The van der Waals surface area contributed by atoms with Crippen LogP contribution in [0, 0.1) is 0 Å². The van der Waals surface area contributed by atoms with Crippen LogP contribution in [-0.2, 0) is 13.1 Å². The zero-order chi connectivity index (χ0) is 14.8. The second-order valence-corrected chi connectivity index (χ2v) is 5.58. The molecule has 2 aromatic carbocycles. The molecule has 0 spiro atoms. The maximum atomic E-state index is 5.76. The number of benzene rings is 2. The molecule has 108 valence electrons. The van der Waals surface area contributed by atoms with E-state index in [1.54, 1.807) is 0 Å². The molecule has 0 radical (unpaired) electrons. The highest BCUT2D eigenvalue weighted by molar-refractivity contribution is 5.76. The van der Waals surface area contributed by atoms with Gasteiger partial charge in [0.25, 0.3) is 0 Å². The Kier molecular flexibility index (Phi) is 3.62. The van der Waals surface area contributed by atoms with Crippen LogP contribution in [0.1, 0.15) is 11.4 Å². The fourth-order valence-electron chi connectivity index (χ4n) is 2.51. The molecule has 2 N–H and O–H groups in total. The molecule has 1 aromatic heterocycles. The van der Waals surface area contributed by atoms with E-state index >= 15 is 0 Å². The van der Waals surface area contributed by atoms with Crippen molar-refractivity contribution in [1.82, 2.24) is 14.5 Å². The van der Waals surface area contributed by atoms with Gasteiger partial charge in [0.05, 0.1) is 17.6 Å². The molecule has 0 unspecified atom stereocenters. The second-order valence-electron chi connectivity index (χ2n) is 5.58. The van der Waals surface area contributed by atoms with Crippen LogP contribution in [0.3, 0.4) is 0 Å². The molecule has 0 atom stereocenters. The summed E-state index contributed by atoms with van der Waals surface area (Å²) in [5, 5.41) is 0. The van der Waals surface area contributed by atoms with Gasteiger partial charge in [-0.25, -0.2) is 4.98 Å². The molecular formula is C17H20N4. The van der Waals surface area contributed by atoms with Crippen LogP contribution in [0.2, 0.25) is 0 Å². The summed E-state index contributed by atoms with van der Waals surface area (Å²) >= 11 is 0. The molecule has 0 bridgehead atoms. The number of fused-ring (bicyclic) bond motifs is 1. The Bertz CT molecular complexity index is 741. The first-order valence-corrected chi connectivity index (χ1v) is 7.07. The van der Waals surface area contributed by atoms with Gasteiger partial charge in [-0.15, -0.1) is 0 Å². The summed E-state index contributed by atoms with van der Waals surface area (Å²) in [6.07, 6.45) is 0. The first-order chi connectivity index (χ1) is 10.1. The Hall–Kier alpha value is -2.33. The molecule has 0 saturated carbocycles. The predicted octanol–water partition coefficient (Wildman–Crippen LogP) is 2.73. The lowest BCUT2D eigenvalue weighted by Crippen LogP contribution is -2.16. The van der Waals surface area contributed by atoms with Gasteiger partial charge in [0, 0.05) is 12.2 Å². The van der Waals surface area contributed by atoms with E-state index < -0.39 is 0 Å². The Labute approximate surface area is 124 Å². The monoisotopic (exact) mass is 280 g/mol. The van der Waals surface area contributed by atoms with Gasteiger partial charge >= 0.3 is 0 Å². The molecule has 4 heteroatoms. The third kappa shape index (κ3) is 2.90. The molecule has 0 aliphatic heterocycles. The number of imidazole rings is 1. The highest BCUT2D eigenvalue weighted by Gasteiger charge is 2.11. The highest BCUT2D eigenvalue weighted by Crippen LogP contribution is 2.19. The standard InChI is InChI=1S/C17H20N4/c1-20(2)12-17-19-15-5-3-4-6-16(15)21(17)11-13-7-9-14(18)10-8-13/h3-10H,11-12,18H2,1-2H3. The van der Waals surface area contributed by atoms with Crippen molar-refractivity contribution >= 4 is 16.7 Å². The smallest absolute Gasteiger partial charge is 0.124 e. The van der Waals surface area contributed by atoms with Crippen LogP contribution in [0.15, 0.2) is 48.5 Å². The molecular weight excluding hydrogens is 260 g/mol. The molecule has 0 saturated heterocycles. The van der Waals surface area contributed by atoms with Crippen LogP contribution in [0.4, 0.5) is 5.69 Å². The largest absolute Gasteiger partial charge is 0.399 e. The highest BCUT2D eigenvalue weighted by atomic mass is 15.2. The minimum absolute atomic E-state index is 0.794. The van der Waals surface area contributed by atoms with Gasteiger partial charge in [-0.3, -0.25) is 0 Å². The number of anilines is 1. The fourth-order valence-corrected chi connectivity index (χ4v) is 2.51. The molecule has 21 heavy (non-hydrogen) atoms. The first kappa shape index (κ1) is 13.6. The number of nitrogens with two attached hydrogens (primary N) is 1. The van der Waals surface area contributed by atoms with E-state index in [1.807, 2.05) is 18.2 Å². The average molecular weight is 280 g/mol. The molecule has 0 fully saturated rings. The maximum Gasteiger partial charge on any atom is 0.124 e. The zero-order valence-electron chi connectivity index (χ0n) is 12.5. The van der Waals surface area contributed by atoms with Gasteiger partial charge in [0.2, 0.25) is 0 Å². The lowest BCUT2D eigenvalue weighted by Gasteiger charge is -2.13.